The molecule has 3 rings (SSSR count). The van der Waals surface area contributed by atoms with Crippen molar-refractivity contribution in [1.29, 1.82) is 0 Å². The normalized spacial score (nSPS) is 22.3. The minimum atomic E-state index is -1.37. The predicted molar refractivity (Wildman–Crippen MR) is 203 cm³/mol. The Bertz CT molecular complexity index is 1460. The Kier molecular flexibility index (Phi) is 16.4. The van der Waals surface area contributed by atoms with Crippen LogP contribution < -0.4 is 16.0 Å². The molecule has 1 aliphatic heterocycles. The Hall–Kier alpha value is -3.62. The lowest BCUT2D eigenvalue weighted by atomic mass is 9.89. The van der Waals surface area contributed by atoms with Gasteiger partial charge in [0, 0.05) is 33.7 Å². The molecule has 0 spiro atoms. The number of carboxylic acids is 1. The molecule has 4 N–H and O–H groups in total. The topological polar surface area (TPSA) is 167 Å². The summed E-state index contributed by atoms with van der Waals surface area (Å²) in [6, 6.07) is 2.21. The lowest BCUT2D eigenvalue weighted by molar-refractivity contribution is -0.149. The number of carbonyl (C=O) groups excluding carboxylic acids is 4. The van der Waals surface area contributed by atoms with Crippen LogP contribution in [-0.4, -0.2) is 121 Å². The van der Waals surface area contributed by atoms with Gasteiger partial charge in [-0.05, 0) is 55.2 Å². The third kappa shape index (κ3) is 10.6. The van der Waals surface area contributed by atoms with Gasteiger partial charge < -0.3 is 40.3 Å². The van der Waals surface area contributed by atoms with Crippen LogP contribution >= 0.6 is 0 Å². The van der Waals surface area contributed by atoms with E-state index in [-0.39, 0.29) is 65.8 Å². The first-order valence-corrected chi connectivity index (χ1v) is 19.3. The second-order valence-electron chi connectivity index (χ2n) is 15.9. The zero-order valence-electron chi connectivity index (χ0n) is 33.9. The van der Waals surface area contributed by atoms with E-state index < -0.39 is 66.0 Å². The number of fused-ring (bicyclic) bond motifs is 1. The van der Waals surface area contributed by atoms with Crippen molar-refractivity contribution in [3.05, 3.63) is 35.6 Å². The second-order valence-corrected chi connectivity index (χ2v) is 15.9. The quantitative estimate of drug-likeness (QED) is 0.147. The van der Waals surface area contributed by atoms with Crippen LogP contribution in [0.15, 0.2) is 24.3 Å². The monoisotopic (exact) mass is 761 g/mol. The lowest BCUT2D eigenvalue weighted by Crippen LogP contribution is -2.59. The summed E-state index contributed by atoms with van der Waals surface area (Å²) in [5.74, 6) is -4.01. The van der Waals surface area contributed by atoms with E-state index in [4.69, 9.17) is 9.47 Å². The molecule has 1 aliphatic carbocycles. The van der Waals surface area contributed by atoms with Crippen molar-refractivity contribution < 1.29 is 42.9 Å². The zero-order chi connectivity index (χ0) is 40.6. The summed E-state index contributed by atoms with van der Waals surface area (Å²) in [5, 5.41) is 18.4. The number of carbonyl (C=O) groups is 5. The number of benzene rings is 1. The Labute approximate surface area is 320 Å². The van der Waals surface area contributed by atoms with Crippen LogP contribution in [0, 0.1) is 35.4 Å². The largest absolute Gasteiger partial charge is 0.480 e. The number of hydrogen-bond acceptors (Lipinski definition) is 8. The molecule has 1 heterocycles. The van der Waals surface area contributed by atoms with Crippen molar-refractivity contribution in [2.45, 2.75) is 129 Å². The molecule has 1 aromatic carbocycles. The maximum absolute atomic E-state index is 14.4. The number of ether oxygens (including phenoxy) is 2. The van der Waals surface area contributed by atoms with E-state index in [9.17, 15) is 33.5 Å². The molecule has 0 radical (unpaired) electrons. The SMILES string of the molecule is CC[C@H](C)C([C@@H](CC(=O)N1C2C[C@H]2C[C@H]1[C@H](OC)[C@@H](C)C(=O)NC(Cc1ccccc1F)C(=O)O)OC)N(C)C(=O)[C@@H](NC(=O)C(NC)C(C)C)C(C)C. The average Bonchev–Trinajstić information content (AvgIpc) is 3.78. The average molecular weight is 762 g/mol. The molecular formula is C40H64FN5O8. The van der Waals surface area contributed by atoms with Gasteiger partial charge in [-0.25, -0.2) is 9.18 Å². The third-order valence-corrected chi connectivity index (χ3v) is 11.6. The van der Waals surface area contributed by atoms with Gasteiger partial charge in [0.2, 0.25) is 23.6 Å². The number of rotatable bonds is 21. The fourth-order valence-electron chi connectivity index (χ4n) is 8.14. The first-order valence-electron chi connectivity index (χ1n) is 19.3. The summed E-state index contributed by atoms with van der Waals surface area (Å²) in [6.45, 7) is 13.3. The smallest absolute Gasteiger partial charge is 0.326 e. The van der Waals surface area contributed by atoms with Crippen molar-refractivity contribution in [3.8, 4) is 0 Å². The van der Waals surface area contributed by atoms with E-state index >= 15 is 0 Å². The summed E-state index contributed by atoms with van der Waals surface area (Å²) >= 11 is 0. The van der Waals surface area contributed by atoms with E-state index in [0.717, 1.165) is 6.42 Å². The molecule has 4 unspecified atom stereocenters. The van der Waals surface area contributed by atoms with Crippen LogP contribution in [-0.2, 0) is 39.9 Å². The highest BCUT2D eigenvalue weighted by Crippen LogP contribution is 2.50. The summed E-state index contributed by atoms with van der Waals surface area (Å²) in [6.07, 6.45) is 0.457. The standard InChI is InChI=1S/C40H64FN5O8/c1-12-23(6)35(45(9)39(50)34(22(4)5)44-38(49)33(42-8)21(2)3)31(53-10)20-32(47)46-29-18-26(29)19-30(46)36(54-11)24(7)37(48)43-28(40(51)52)17-25-15-13-14-16-27(25)41/h13-16,21-24,26,28-31,33-36,42H,12,17-20H2,1-11H3,(H,43,48)(H,44,49)(H,51,52)/t23-,24+,26-,28?,29?,30-,31+,33?,34-,35?,36+/m0/s1. The second kappa shape index (κ2) is 19.8. The molecule has 0 bridgehead atoms. The number of hydrogen-bond donors (Lipinski definition) is 4. The van der Waals surface area contributed by atoms with Gasteiger partial charge in [0.25, 0.3) is 0 Å². The fourth-order valence-corrected chi connectivity index (χ4v) is 8.14. The fraction of sp³-hybridized carbons (Fsp3) is 0.725. The Morgan fingerprint density at radius 1 is 0.944 bits per heavy atom. The first-order chi connectivity index (χ1) is 25.4. The molecule has 2 aliphatic rings. The van der Waals surface area contributed by atoms with Crippen LogP contribution in [0.1, 0.15) is 79.7 Å². The number of amides is 4. The summed E-state index contributed by atoms with van der Waals surface area (Å²) in [4.78, 5) is 70.8. The number of aliphatic carboxylic acids is 1. The van der Waals surface area contributed by atoms with Crippen LogP contribution in [0.5, 0.6) is 0 Å². The molecule has 1 aromatic rings. The molecule has 304 valence electrons. The minimum absolute atomic E-state index is 0.00943. The van der Waals surface area contributed by atoms with Gasteiger partial charge in [0.05, 0.1) is 42.7 Å². The lowest BCUT2D eigenvalue weighted by Gasteiger charge is -2.41. The van der Waals surface area contributed by atoms with Crippen molar-refractivity contribution in [3.63, 3.8) is 0 Å². The molecule has 0 aromatic heterocycles. The molecule has 1 saturated heterocycles. The van der Waals surface area contributed by atoms with Gasteiger partial charge in [-0.3, -0.25) is 19.2 Å². The number of likely N-dealkylation sites (N-methyl/N-ethyl adjacent to an activating group) is 2. The number of carboxylic acid groups (broad SMARTS) is 1. The predicted octanol–water partition coefficient (Wildman–Crippen LogP) is 3.24. The van der Waals surface area contributed by atoms with Crippen LogP contribution in [0.4, 0.5) is 4.39 Å². The van der Waals surface area contributed by atoms with Crippen molar-refractivity contribution in [2.24, 2.45) is 29.6 Å². The van der Waals surface area contributed by atoms with E-state index in [1.54, 1.807) is 36.9 Å². The van der Waals surface area contributed by atoms with Gasteiger partial charge in [0.1, 0.15) is 17.9 Å². The first kappa shape index (κ1) is 44.8. The van der Waals surface area contributed by atoms with Gasteiger partial charge >= 0.3 is 5.97 Å². The molecule has 54 heavy (non-hydrogen) atoms. The summed E-state index contributed by atoms with van der Waals surface area (Å²) in [7, 11) is 6.41. The highest BCUT2D eigenvalue weighted by Gasteiger charge is 2.57. The highest BCUT2D eigenvalue weighted by molar-refractivity contribution is 5.90. The third-order valence-electron chi connectivity index (χ3n) is 11.6. The highest BCUT2D eigenvalue weighted by atomic mass is 19.1. The van der Waals surface area contributed by atoms with Gasteiger partial charge in [0.15, 0.2) is 0 Å². The Morgan fingerprint density at radius 3 is 2.09 bits per heavy atom. The number of nitrogens with zero attached hydrogens (tertiary/aromatic N) is 2. The molecule has 2 fully saturated rings. The van der Waals surface area contributed by atoms with Gasteiger partial charge in [-0.1, -0.05) is 73.1 Å². The van der Waals surface area contributed by atoms with Crippen LogP contribution in [0.3, 0.4) is 0 Å². The molecule has 11 atom stereocenters. The maximum Gasteiger partial charge on any atom is 0.326 e. The molecule has 14 heteroatoms. The Balaban J connectivity index is 1.81. The van der Waals surface area contributed by atoms with E-state index in [1.165, 1.54) is 32.4 Å². The van der Waals surface area contributed by atoms with E-state index in [1.807, 2.05) is 41.5 Å². The molecule has 13 nitrogen and oxygen atoms in total. The van der Waals surface area contributed by atoms with Crippen molar-refractivity contribution in [2.75, 3.05) is 28.3 Å². The molecule has 1 saturated carbocycles. The molecule has 4 amide bonds. The number of methoxy groups -OCH3 is 2. The van der Waals surface area contributed by atoms with Gasteiger partial charge in [-0.15, -0.1) is 0 Å². The van der Waals surface area contributed by atoms with E-state index in [2.05, 4.69) is 16.0 Å². The van der Waals surface area contributed by atoms with Crippen molar-refractivity contribution in [1.82, 2.24) is 25.8 Å². The van der Waals surface area contributed by atoms with Gasteiger partial charge in [-0.2, -0.15) is 0 Å². The van der Waals surface area contributed by atoms with E-state index in [0.29, 0.717) is 12.8 Å². The molecular weight excluding hydrogens is 697 g/mol. The van der Waals surface area contributed by atoms with Crippen molar-refractivity contribution >= 4 is 29.6 Å². The number of piperidine rings is 1. The van der Waals surface area contributed by atoms with Crippen LogP contribution in [0.2, 0.25) is 0 Å². The van der Waals surface area contributed by atoms with Crippen LogP contribution in [0.25, 0.3) is 0 Å². The maximum atomic E-state index is 14.4. The Morgan fingerprint density at radius 2 is 1.57 bits per heavy atom. The summed E-state index contributed by atoms with van der Waals surface area (Å²) in [5.41, 5.74) is 0.169. The number of halogens is 1. The zero-order valence-corrected chi connectivity index (χ0v) is 33.9. The summed E-state index contributed by atoms with van der Waals surface area (Å²) < 4.78 is 26.2. The number of nitrogens with one attached hydrogen (secondary N) is 3. The minimum Gasteiger partial charge on any atom is -0.480 e. The number of likely N-dealkylation sites (tertiary alicyclic amines) is 1.